The number of piperazine rings is 1. The summed E-state index contributed by atoms with van der Waals surface area (Å²) in [5.74, 6) is 1.57. The molecule has 2 aromatic rings. The van der Waals surface area contributed by atoms with Gasteiger partial charge in [0.05, 0.1) is 14.2 Å². The first-order valence-corrected chi connectivity index (χ1v) is 10.5. The highest BCUT2D eigenvalue weighted by atomic mass is 32.1. The zero-order valence-electron chi connectivity index (χ0n) is 17.8. The van der Waals surface area contributed by atoms with E-state index in [9.17, 15) is 4.79 Å². The molecule has 0 radical (unpaired) electrons. The Morgan fingerprint density at radius 3 is 2.27 bits per heavy atom. The highest BCUT2D eigenvalue weighted by Gasteiger charge is 2.19. The van der Waals surface area contributed by atoms with Gasteiger partial charge in [-0.1, -0.05) is 6.07 Å². The Balaban J connectivity index is 1.44. The number of thiocarbonyl (C=S) groups is 1. The zero-order chi connectivity index (χ0) is 21.5. The lowest BCUT2D eigenvalue weighted by molar-refractivity contribution is 0.101. The third kappa shape index (κ3) is 5.42. The average molecular weight is 428 g/mol. The first-order chi connectivity index (χ1) is 14.5. The fraction of sp³-hybridized carbons (Fsp3) is 0.391. The molecule has 1 N–H and O–H groups in total. The molecule has 7 heteroatoms. The van der Waals surface area contributed by atoms with E-state index in [0.717, 1.165) is 67.0 Å². The van der Waals surface area contributed by atoms with Crippen molar-refractivity contribution in [2.75, 3.05) is 51.8 Å². The van der Waals surface area contributed by atoms with Crippen LogP contribution in [-0.2, 0) is 6.42 Å². The van der Waals surface area contributed by atoms with Gasteiger partial charge in [0.15, 0.2) is 22.4 Å². The van der Waals surface area contributed by atoms with Crippen LogP contribution in [0.5, 0.6) is 11.5 Å². The Morgan fingerprint density at radius 2 is 1.67 bits per heavy atom. The number of methoxy groups -OCH3 is 2. The van der Waals surface area contributed by atoms with Crippen molar-refractivity contribution >= 4 is 28.8 Å². The van der Waals surface area contributed by atoms with Gasteiger partial charge in [-0.2, -0.15) is 0 Å². The van der Waals surface area contributed by atoms with Crippen LogP contribution in [0.2, 0.25) is 0 Å². The van der Waals surface area contributed by atoms with Crippen LogP contribution in [0.4, 0.5) is 5.69 Å². The van der Waals surface area contributed by atoms with Crippen LogP contribution < -0.4 is 19.7 Å². The molecule has 0 unspecified atom stereocenters. The van der Waals surface area contributed by atoms with Crippen LogP contribution >= 0.6 is 12.2 Å². The number of anilines is 1. The third-order valence-electron chi connectivity index (χ3n) is 5.34. The number of ketones is 1. The van der Waals surface area contributed by atoms with E-state index in [2.05, 4.69) is 15.1 Å². The molecule has 0 aromatic heterocycles. The van der Waals surface area contributed by atoms with Crippen molar-refractivity contribution in [1.82, 2.24) is 10.2 Å². The van der Waals surface area contributed by atoms with Crippen molar-refractivity contribution in [2.45, 2.75) is 13.3 Å². The van der Waals surface area contributed by atoms with E-state index in [1.54, 1.807) is 21.1 Å². The minimum absolute atomic E-state index is 0.0934. The van der Waals surface area contributed by atoms with Crippen LogP contribution in [0.3, 0.4) is 0 Å². The number of carbonyl (C=O) groups excluding carboxylic acids is 1. The fourth-order valence-corrected chi connectivity index (χ4v) is 3.82. The molecule has 1 fully saturated rings. The molecule has 1 aliphatic heterocycles. The summed E-state index contributed by atoms with van der Waals surface area (Å²) in [6.07, 6.45) is 0.850. The maximum atomic E-state index is 11.4. The molecule has 1 heterocycles. The van der Waals surface area contributed by atoms with E-state index in [4.69, 9.17) is 21.7 Å². The molecular formula is C23H29N3O3S. The molecule has 6 nitrogen and oxygen atoms in total. The van der Waals surface area contributed by atoms with Crippen LogP contribution in [0, 0.1) is 0 Å². The van der Waals surface area contributed by atoms with Crippen molar-refractivity contribution in [3.8, 4) is 11.5 Å². The van der Waals surface area contributed by atoms with E-state index in [1.165, 1.54) is 5.56 Å². The number of rotatable bonds is 7. The molecule has 1 aliphatic rings. The molecule has 0 amide bonds. The van der Waals surface area contributed by atoms with E-state index in [-0.39, 0.29) is 5.78 Å². The topological polar surface area (TPSA) is 54.0 Å². The van der Waals surface area contributed by atoms with Crippen LogP contribution in [0.25, 0.3) is 0 Å². The Bertz CT molecular complexity index is 878. The van der Waals surface area contributed by atoms with Crippen molar-refractivity contribution < 1.29 is 14.3 Å². The van der Waals surface area contributed by atoms with E-state index < -0.39 is 0 Å². The second-order valence-electron chi connectivity index (χ2n) is 7.25. The van der Waals surface area contributed by atoms with Gasteiger partial charge >= 0.3 is 0 Å². The third-order valence-corrected chi connectivity index (χ3v) is 5.75. The number of nitrogens with zero attached hydrogens (tertiary/aromatic N) is 2. The summed E-state index contributed by atoms with van der Waals surface area (Å²) in [5.41, 5.74) is 3.06. The van der Waals surface area contributed by atoms with Crippen molar-refractivity contribution in [3.05, 3.63) is 53.6 Å². The lowest BCUT2D eigenvalue weighted by Crippen LogP contribution is -2.52. The van der Waals surface area contributed by atoms with Crippen molar-refractivity contribution in [1.29, 1.82) is 0 Å². The van der Waals surface area contributed by atoms with Gasteiger partial charge in [0, 0.05) is 44.0 Å². The normalized spacial score (nSPS) is 13.7. The Morgan fingerprint density at radius 1 is 1.00 bits per heavy atom. The minimum atomic E-state index is 0.0934. The number of ether oxygens (including phenoxy) is 2. The van der Waals surface area contributed by atoms with Crippen molar-refractivity contribution in [2.24, 2.45) is 0 Å². The van der Waals surface area contributed by atoms with Crippen molar-refractivity contribution in [3.63, 3.8) is 0 Å². The fourth-order valence-electron chi connectivity index (χ4n) is 3.54. The predicted molar refractivity (Wildman–Crippen MR) is 124 cm³/mol. The summed E-state index contributed by atoms with van der Waals surface area (Å²) in [7, 11) is 3.28. The van der Waals surface area contributed by atoms with Crippen LogP contribution in [-0.4, -0.2) is 62.7 Å². The molecule has 0 atom stereocenters. The summed E-state index contributed by atoms with van der Waals surface area (Å²) in [4.78, 5) is 16.0. The molecule has 0 bridgehead atoms. The molecule has 0 saturated carbocycles. The molecule has 0 aliphatic carbocycles. The average Bonchev–Trinajstić information content (AvgIpc) is 2.79. The van der Waals surface area contributed by atoms with Crippen LogP contribution in [0.1, 0.15) is 22.8 Å². The first-order valence-electron chi connectivity index (χ1n) is 10.1. The molecule has 160 valence electrons. The highest BCUT2D eigenvalue weighted by Crippen LogP contribution is 2.27. The first kappa shape index (κ1) is 21.9. The summed E-state index contributed by atoms with van der Waals surface area (Å²) < 4.78 is 10.6. The molecule has 2 aromatic carbocycles. The molecular weight excluding hydrogens is 398 g/mol. The van der Waals surface area contributed by atoms with Gasteiger partial charge in [0.1, 0.15) is 0 Å². The molecule has 3 rings (SSSR count). The molecule has 30 heavy (non-hydrogen) atoms. The Labute approximate surface area is 183 Å². The van der Waals surface area contributed by atoms with Gasteiger partial charge in [-0.05, 0) is 67.5 Å². The predicted octanol–water partition coefficient (Wildman–Crippen LogP) is 3.15. The highest BCUT2D eigenvalue weighted by molar-refractivity contribution is 7.80. The maximum Gasteiger partial charge on any atom is 0.169 e. The van der Waals surface area contributed by atoms with Gasteiger partial charge in [-0.25, -0.2) is 0 Å². The van der Waals surface area contributed by atoms with Gasteiger partial charge in [-0.15, -0.1) is 0 Å². The molecule has 0 spiro atoms. The number of carbonyl (C=O) groups is 1. The van der Waals surface area contributed by atoms with E-state index in [0.29, 0.717) is 0 Å². The lowest BCUT2D eigenvalue weighted by Gasteiger charge is -2.37. The maximum absolute atomic E-state index is 11.4. The van der Waals surface area contributed by atoms with Gasteiger partial charge in [0.25, 0.3) is 0 Å². The number of hydrogen-bond donors (Lipinski definition) is 1. The Kier molecular flexibility index (Phi) is 7.52. The van der Waals surface area contributed by atoms with E-state index >= 15 is 0 Å². The Hall–Kier alpha value is -2.80. The summed E-state index contributed by atoms with van der Waals surface area (Å²) in [6, 6.07) is 13.8. The standard InChI is InChI=1S/C23H29N3O3S/c1-17(27)19-5-7-20(8-6-19)25-12-14-26(15-13-25)23(30)24-11-10-18-4-9-21(28-2)22(16-18)29-3/h4-9,16H,10-15H2,1-3H3,(H,24,30). The quantitative estimate of drug-likeness (QED) is 0.538. The van der Waals surface area contributed by atoms with E-state index in [1.807, 2.05) is 42.5 Å². The summed E-state index contributed by atoms with van der Waals surface area (Å²) in [5, 5.41) is 4.16. The van der Waals surface area contributed by atoms with Gasteiger partial charge < -0.3 is 24.6 Å². The van der Waals surface area contributed by atoms with Gasteiger partial charge in [-0.3, -0.25) is 4.79 Å². The number of benzene rings is 2. The summed E-state index contributed by atoms with van der Waals surface area (Å²) >= 11 is 5.59. The number of hydrogen-bond acceptors (Lipinski definition) is 5. The number of Topliss-reactive ketones (excluding diaryl/α,β-unsaturated/α-hetero) is 1. The SMILES string of the molecule is COc1ccc(CCNC(=S)N2CCN(c3ccc(C(C)=O)cc3)CC2)cc1OC. The summed E-state index contributed by atoms with van der Waals surface area (Å²) in [6.45, 7) is 5.90. The zero-order valence-corrected chi connectivity index (χ0v) is 18.6. The second-order valence-corrected chi connectivity index (χ2v) is 7.64. The lowest BCUT2D eigenvalue weighted by atomic mass is 10.1. The van der Waals surface area contributed by atoms with Gasteiger partial charge in [0.2, 0.25) is 0 Å². The van der Waals surface area contributed by atoms with Crippen LogP contribution in [0.15, 0.2) is 42.5 Å². The largest absolute Gasteiger partial charge is 0.493 e. The smallest absolute Gasteiger partial charge is 0.169 e. The number of nitrogens with one attached hydrogen (secondary N) is 1. The second kappa shape index (κ2) is 10.3. The minimum Gasteiger partial charge on any atom is -0.493 e. The monoisotopic (exact) mass is 427 g/mol. The molecule has 1 saturated heterocycles.